The van der Waals surface area contributed by atoms with Crippen molar-refractivity contribution in [2.75, 3.05) is 48.5 Å². The second-order valence-electron chi connectivity index (χ2n) is 14.6. The third-order valence-electron chi connectivity index (χ3n) is 9.34. The number of aryl methyl sites for hydroxylation is 2. The topological polar surface area (TPSA) is 249 Å². The number of halogens is 7. The van der Waals surface area contributed by atoms with Gasteiger partial charge in [-0.25, -0.2) is 4.79 Å². The van der Waals surface area contributed by atoms with Crippen LogP contribution in [0.2, 0.25) is 5.02 Å². The summed E-state index contributed by atoms with van der Waals surface area (Å²) in [6, 6.07) is 17.5. The Balaban J connectivity index is 0.000000327. The van der Waals surface area contributed by atoms with E-state index in [1.54, 1.807) is 9.80 Å². The number of fused-ring (bicyclic) bond motifs is 1. The summed E-state index contributed by atoms with van der Waals surface area (Å²) in [7, 11) is -3.10. The van der Waals surface area contributed by atoms with Crippen LogP contribution in [0.25, 0.3) is 0 Å². The van der Waals surface area contributed by atoms with Crippen LogP contribution in [0, 0.1) is 17.0 Å². The second-order valence-corrected chi connectivity index (χ2v) is 19.0. The molecule has 5 rings (SSSR count). The molecule has 0 saturated carbocycles. The van der Waals surface area contributed by atoms with Crippen molar-refractivity contribution in [1.29, 1.82) is 0 Å². The van der Waals surface area contributed by atoms with Crippen molar-refractivity contribution in [1.82, 2.24) is 0 Å². The van der Waals surface area contributed by atoms with Crippen LogP contribution in [-0.2, 0) is 36.3 Å². The van der Waals surface area contributed by atoms with Crippen molar-refractivity contribution in [2.45, 2.75) is 63.6 Å². The van der Waals surface area contributed by atoms with Crippen molar-refractivity contribution >= 4 is 94.6 Å². The normalized spacial score (nSPS) is 14.1. The third-order valence-corrected chi connectivity index (χ3v) is 11.3. The number of amides is 2. The van der Waals surface area contributed by atoms with Crippen LogP contribution in [-0.4, -0.2) is 99.4 Å². The number of carboxylic acid groups (broad SMARTS) is 2. The Kier molecular flexibility index (Phi) is 24.2. The molecule has 0 spiro atoms. The molecule has 0 saturated heterocycles. The van der Waals surface area contributed by atoms with Gasteiger partial charge in [0.05, 0.1) is 32.9 Å². The maximum atomic E-state index is 12.6. The molecule has 1 aliphatic heterocycles. The number of hydrogen-bond acceptors (Lipinski definition) is 11. The lowest BCUT2D eigenvalue weighted by Gasteiger charge is -2.35. The fourth-order valence-corrected chi connectivity index (χ4v) is 7.28. The summed E-state index contributed by atoms with van der Waals surface area (Å²) >= 11 is 22.7. The lowest BCUT2D eigenvalue weighted by Crippen LogP contribution is -2.47. The van der Waals surface area contributed by atoms with E-state index in [9.17, 15) is 47.0 Å². The summed E-state index contributed by atoms with van der Waals surface area (Å²) in [5, 5.41) is 27.7. The Labute approximate surface area is 415 Å². The van der Waals surface area contributed by atoms with Gasteiger partial charge in [0.15, 0.2) is 12.2 Å². The van der Waals surface area contributed by atoms with Crippen LogP contribution in [0.15, 0.2) is 78.9 Å². The molecule has 0 aromatic heterocycles. The standard InChI is InChI=1S/C14H7ClF3NO5.C14H20ClNO2.C11H11Cl2NO2.C5H12NO4P/c15-10-5-7(14(16,17)18)1-4-12(10)24-8-2-3-11(19(22)23)9(6-8)13(20)21;1-4-12-8-6-7-11(3)14(12)16(10-18-5-2)13(17)9-15;1-7-6-16-9-5-3-2-4-8(9)14(7)11(15)10(12)13;1-11(9,10)3-2-4(6)5(7)8/h1-6H,(H,20,21);6-8H,4-5,9-10H2,1-3H3;2-5,7,10H,6H2,1H3;4H,2-3,6H2,1H3,(H,7,8)(H,9,10). The largest absolute Gasteiger partial charge is 0.489 e. The number of benzene rings is 4. The van der Waals surface area contributed by atoms with Gasteiger partial charge in [-0.1, -0.05) is 72.1 Å². The van der Waals surface area contributed by atoms with Crippen molar-refractivity contribution < 1.29 is 71.2 Å². The highest BCUT2D eigenvalue weighted by atomic mass is 35.5. The number of para-hydroxylation sites is 3. The van der Waals surface area contributed by atoms with Crippen LogP contribution < -0.4 is 25.0 Å². The van der Waals surface area contributed by atoms with Gasteiger partial charge in [0, 0.05) is 31.6 Å². The minimum absolute atomic E-state index is 0.0371. The van der Waals surface area contributed by atoms with E-state index in [4.69, 9.17) is 81.5 Å². The van der Waals surface area contributed by atoms with Gasteiger partial charge in [0.2, 0.25) is 5.91 Å². The molecule has 2 amide bonds. The highest BCUT2D eigenvalue weighted by molar-refractivity contribution is 7.57. The van der Waals surface area contributed by atoms with Crippen molar-refractivity contribution in [2.24, 2.45) is 5.73 Å². The predicted octanol–water partition coefficient (Wildman–Crippen LogP) is 10.2. The summed E-state index contributed by atoms with van der Waals surface area (Å²) in [6.45, 7) is 10.3. The number of rotatable bonds is 15. The number of carbonyl (C=O) groups excluding carboxylic acids is 2. The second kappa shape index (κ2) is 27.9. The first kappa shape index (κ1) is 59.9. The average Bonchev–Trinajstić information content (AvgIpc) is 3.28. The number of carboxylic acids is 2. The minimum Gasteiger partial charge on any atom is -0.489 e. The lowest BCUT2D eigenvalue weighted by molar-refractivity contribution is -0.385. The van der Waals surface area contributed by atoms with Crippen molar-refractivity contribution in [3.63, 3.8) is 0 Å². The van der Waals surface area contributed by atoms with E-state index < -0.39 is 58.1 Å². The summed E-state index contributed by atoms with van der Waals surface area (Å²) in [5.74, 6) is -2.77. The minimum atomic E-state index is -4.58. The molecule has 5 N–H and O–H groups in total. The Bertz CT molecular complexity index is 2470. The number of anilines is 2. The maximum Gasteiger partial charge on any atom is 0.416 e. The molecule has 4 aromatic rings. The Morgan fingerprint density at radius 1 is 1.04 bits per heavy atom. The van der Waals surface area contributed by atoms with Crippen LogP contribution in [0.4, 0.5) is 30.2 Å². The highest BCUT2D eigenvalue weighted by Crippen LogP contribution is 2.38. The van der Waals surface area contributed by atoms with Gasteiger partial charge in [-0.05, 0) is 81.1 Å². The molecule has 1 heterocycles. The van der Waals surface area contributed by atoms with Gasteiger partial charge in [-0.15, -0.1) is 11.6 Å². The van der Waals surface area contributed by atoms with Gasteiger partial charge in [-0.3, -0.25) is 34.0 Å². The summed E-state index contributed by atoms with van der Waals surface area (Å²) < 4.78 is 64.4. The zero-order chi connectivity index (χ0) is 52.4. The zero-order valence-electron chi connectivity index (χ0n) is 37.6. The third kappa shape index (κ3) is 18.9. The fourth-order valence-electron chi connectivity index (χ4n) is 5.95. The molecular formula is C44H50Cl4F3N4O13P. The van der Waals surface area contributed by atoms with Gasteiger partial charge in [0.1, 0.15) is 48.1 Å². The smallest absolute Gasteiger partial charge is 0.416 e. The first-order valence-corrected chi connectivity index (χ1v) is 24.5. The summed E-state index contributed by atoms with van der Waals surface area (Å²) in [5.41, 5.74) is 6.69. The molecule has 0 fully saturated rings. The molecule has 0 radical (unpaired) electrons. The number of nitro benzene ring substituents is 1. The van der Waals surface area contributed by atoms with Crippen LogP contribution in [0.5, 0.6) is 17.2 Å². The molecule has 4 aromatic carbocycles. The van der Waals surface area contributed by atoms with E-state index in [0.717, 1.165) is 59.3 Å². The van der Waals surface area contributed by atoms with E-state index in [1.165, 1.54) is 6.66 Å². The fraction of sp³-hybridized carbons (Fsp3) is 0.364. The number of nitrogens with two attached hydrogens (primary N) is 1. The molecule has 3 unspecified atom stereocenters. The number of hydrogen-bond donors (Lipinski definition) is 4. The Morgan fingerprint density at radius 2 is 1.70 bits per heavy atom. The maximum absolute atomic E-state index is 12.6. The molecule has 25 heteroatoms. The molecule has 3 atom stereocenters. The molecule has 17 nitrogen and oxygen atoms in total. The molecule has 69 heavy (non-hydrogen) atoms. The first-order chi connectivity index (χ1) is 32.2. The zero-order valence-corrected chi connectivity index (χ0v) is 41.5. The lowest BCUT2D eigenvalue weighted by atomic mass is 10.0. The van der Waals surface area contributed by atoms with Crippen LogP contribution in [0.1, 0.15) is 54.2 Å². The molecular weight excluding hydrogens is 1020 g/mol. The number of nitrogens with zero attached hydrogens (tertiary/aromatic N) is 3. The predicted molar refractivity (Wildman–Crippen MR) is 257 cm³/mol. The monoisotopic (exact) mass is 1070 g/mol. The highest BCUT2D eigenvalue weighted by Gasteiger charge is 2.33. The number of aromatic carboxylic acids is 1. The van der Waals surface area contributed by atoms with E-state index >= 15 is 0 Å². The van der Waals surface area contributed by atoms with E-state index in [1.807, 2.05) is 63.2 Å². The van der Waals surface area contributed by atoms with Gasteiger partial charge in [0.25, 0.3) is 11.6 Å². The van der Waals surface area contributed by atoms with Crippen LogP contribution in [0.3, 0.4) is 0 Å². The van der Waals surface area contributed by atoms with E-state index in [2.05, 4.69) is 6.92 Å². The average molecular weight is 1070 g/mol. The van der Waals surface area contributed by atoms with E-state index in [-0.39, 0.29) is 59.6 Å². The van der Waals surface area contributed by atoms with Crippen molar-refractivity contribution in [3.05, 3.63) is 116 Å². The van der Waals surface area contributed by atoms with Crippen LogP contribution >= 0.6 is 53.8 Å². The Morgan fingerprint density at radius 3 is 2.22 bits per heavy atom. The number of nitro groups is 1. The number of aliphatic carboxylic acids is 1. The van der Waals surface area contributed by atoms with Gasteiger partial charge in [-0.2, -0.15) is 13.2 Å². The van der Waals surface area contributed by atoms with E-state index in [0.29, 0.717) is 25.0 Å². The van der Waals surface area contributed by atoms with Gasteiger partial charge < -0.3 is 40.0 Å². The van der Waals surface area contributed by atoms with Gasteiger partial charge >= 0.3 is 18.1 Å². The SMILES string of the molecule is CC1COc2ccccc2N1C(=O)C(Cl)Cl.CCOCN(C(=O)CCl)c1c(C)cccc1CC.CP(=O)(O)CCC(N)C(=O)O.O=C(O)c1cc(Oc2ccc(C(F)(F)F)cc2Cl)ccc1[N+](=O)[O-]. The Hall–Kier alpha value is -5.18. The molecule has 0 bridgehead atoms. The molecule has 378 valence electrons. The number of carbonyl (C=O) groups is 4. The summed E-state index contributed by atoms with van der Waals surface area (Å²) in [6.07, 6.45) is -3.71. The summed E-state index contributed by atoms with van der Waals surface area (Å²) in [4.78, 5) is 65.8. The number of alkyl halides is 6. The molecule has 1 aliphatic rings. The quantitative estimate of drug-likeness (QED) is 0.0284. The first-order valence-electron chi connectivity index (χ1n) is 20.4. The molecule has 0 aliphatic carbocycles. The number of ether oxygens (including phenoxy) is 3. The van der Waals surface area contributed by atoms with Crippen molar-refractivity contribution in [3.8, 4) is 17.2 Å².